The second kappa shape index (κ2) is 14.3. The van der Waals surface area contributed by atoms with E-state index in [0.717, 1.165) is 66.4 Å². The summed E-state index contributed by atoms with van der Waals surface area (Å²) in [7, 11) is 1.62. The zero-order valence-electron chi connectivity index (χ0n) is 25.6. The van der Waals surface area contributed by atoms with Crippen LogP contribution in [-0.2, 0) is 20.8 Å². The Labute approximate surface area is 253 Å². The third-order valence-corrected chi connectivity index (χ3v) is 9.16. The summed E-state index contributed by atoms with van der Waals surface area (Å²) >= 11 is 0. The van der Waals surface area contributed by atoms with Crippen LogP contribution in [0, 0.1) is 24.7 Å². The summed E-state index contributed by atoms with van der Waals surface area (Å²) in [5.41, 5.74) is 3.40. The maximum Gasteiger partial charge on any atom is 0.251 e. The molecule has 0 bridgehead atoms. The monoisotopic (exact) mass is 589 g/mol. The van der Waals surface area contributed by atoms with Crippen molar-refractivity contribution in [1.29, 1.82) is 0 Å². The summed E-state index contributed by atoms with van der Waals surface area (Å²) in [6.07, 6.45) is 16.7. The number of halogens is 1. The Hall–Kier alpha value is -3.52. The van der Waals surface area contributed by atoms with Gasteiger partial charge in [0.2, 0.25) is 0 Å². The minimum Gasteiger partial charge on any atom is -0.462 e. The fourth-order valence-corrected chi connectivity index (χ4v) is 6.52. The second-order valence-corrected chi connectivity index (χ2v) is 12.2. The number of aryl methyl sites for hydroxylation is 1. The summed E-state index contributed by atoms with van der Waals surface area (Å²) in [5.74, 6) is 2.56. The number of amides is 1. The molecular weight excluding hydrogens is 545 g/mol. The van der Waals surface area contributed by atoms with Gasteiger partial charge in [0, 0.05) is 56.1 Å². The van der Waals surface area contributed by atoms with E-state index in [0.29, 0.717) is 55.6 Å². The predicted octanol–water partition coefficient (Wildman–Crippen LogP) is 6.93. The summed E-state index contributed by atoms with van der Waals surface area (Å²) in [4.78, 5) is 26.2. The number of rotatable bonds is 10. The van der Waals surface area contributed by atoms with E-state index in [1.165, 1.54) is 6.08 Å². The highest BCUT2D eigenvalue weighted by Crippen LogP contribution is 2.35. The number of fused-ring (bicyclic) bond motifs is 1. The van der Waals surface area contributed by atoms with Crippen LogP contribution >= 0.6 is 0 Å². The molecule has 4 atom stereocenters. The number of nitrogens with one attached hydrogen (secondary N) is 1. The Morgan fingerprint density at radius 1 is 1.14 bits per heavy atom. The van der Waals surface area contributed by atoms with E-state index in [-0.39, 0.29) is 17.6 Å². The lowest BCUT2D eigenvalue weighted by Gasteiger charge is -2.30. The van der Waals surface area contributed by atoms with Gasteiger partial charge in [-0.25, -0.2) is 4.39 Å². The molecule has 1 amide bonds. The normalized spacial score (nSPS) is 24.4. The fourth-order valence-electron chi connectivity index (χ4n) is 6.52. The Kier molecular flexibility index (Phi) is 10.3. The standard InChI is InChI=1S/C35H44FN3O4/c1-23-7-8-25(21-39-22-32-24(2)31(17-18-33(32)38-39)35(41)37-19-20-42-3)5-4-6-30(23)34(40)26-9-13-28(14-10-26)43-29-15-11-27(36)12-16-29/h9,11,13,15-18,22-23,25,27,30H,4-8,10,12,14,19-21H2,1-3H3,(H,37,41). The predicted molar refractivity (Wildman–Crippen MR) is 166 cm³/mol. The molecule has 7 nitrogen and oxygen atoms in total. The fraction of sp³-hybridized carbons (Fsp3) is 0.514. The van der Waals surface area contributed by atoms with E-state index >= 15 is 0 Å². The number of aromatic nitrogens is 2. The molecule has 0 radical (unpaired) electrons. The van der Waals surface area contributed by atoms with Crippen molar-refractivity contribution in [2.45, 2.75) is 77.9 Å². The van der Waals surface area contributed by atoms with Crippen LogP contribution in [0.1, 0.15) is 74.2 Å². The summed E-state index contributed by atoms with van der Waals surface area (Å²) in [5, 5.41) is 8.74. The average Bonchev–Trinajstić information content (AvgIpc) is 3.42. The summed E-state index contributed by atoms with van der Waals surface area (Å²) in [6, 6.07) is 3.78. The molecule has 5 rings (SSSR count). The number of carbonyl (C=O) groups is 2. The first-order chi connectivity index (χ1) is 20.8. The van der Waals surface area contributed by atoms with Crippen LogP contribution < -0.4 is 5.32 Å². The SMILES string of the molecule is COCCNC(=O)c1ccc2nn(CC3CCCC(C(=O)C4=CC=C(OC5=CCC(F)C=C5)CC4)C(C)CC3)cc2c1C. The van der Waals surface area contributed by atoms with Crippen molar-refractivity contribution in [2.24, 2.45) is 17.8 Å². The van der Waals surface area contributed by atoms with Crippen LogP contribution in [0.25, 0.3) is 10.9 Å². The van der Waals surface area contributed by atoms with Crippen LogP contribution in [-0.4, -0.2) is 47.9 Å². The lowest BCUT2D eigenvalue weighted by Crippen LogP contribution is -2.27. The van der Waals surface area contributed by atoms with E-state index in [4.69, 9.17) is 14.6 Å². The van der Waals surface area contributed by atoms with Gasteiger partial charge in [-0.2, -0.15) is 5.10 Å². The first kappa shape index (κ1) is 30.9. The van der Waals surface area contributed by atoms with Gasteiger partial charge in [-0.15, -0.1) is 0 Å². The highest BCUT2D eigenvalue weighted by atomic mass is 19.1. The number of hydrogen-bond acceptors (Lipinski definition) is 5. The first-order valence-corrected chi connectivity index (χ1v) is 15.7. The van der Waals surface area contributed by atoms with Crippen molar-refractivity contribution in [3.05, 3.63) is 76.9 Å². The molecule has 3 aliphatic carbocycles. The lowest BCUT2D eigenvalue weighted by atomic mass is 9.75. The van der Waals surface area contributed by atoms with Crippen LogP contribution in [0.15, 0.2) is 65.8 Å². The van der Waals surface area contributed by atoms with Gasteiger partial charge in [-0.05, 0) is 98.4 Å². The van der Waals surface area contributed by atoms with Crippen molar-refractivity contribution >= 4 is 22.6 Å². The zero-order chi connectivity index (χ0) is 30.3. The molecule has 43 heavy (non-hydrogen) atoms. The third kappa shape index (κ3) is 7.71. The van der Waals surface area contributed by atoms with Crippen LogP contribution in [0.2, 0.25) is 0 Å². The number of Topliss-reactive ketones (excluding diaryl/α,β-unsaturated/α-hetero) is 1. The minimum absolute atomic E-state index is 0.0527. The van der Waals surface area contributed by atoms with Crippen molar-refractivity contribution in [2.75, 3.05) is 20.3 Å². The molecule has 2 aromatic rings. The van der Waals surface area contributed by atoms with E-state index in [9.17, 15) is 14.0 Å². The second-order valence-electron chi connectivity index (χ2n) is 12.2. The van der Waals surface area contributed by atoms with Crippen molar-refractivity contribution in [1.82, 2.24) is 15.1 Å². The molecule has 1 aromatic heterocycles. The highest BCUT2D eigenvalue weighted by Gasteiger charge is 2.30. The summed E-state index contributed by atoms with van der Waals surface area (Å²) in [6.45, 7) is 6.00. The number of ether oxygens (including phenoxy) is 2. The molecule has 1 aromatic carbocycles. The molecule has 8 heteroatoms. The molecule has 230 valence electrons. The number of benzene rings is 1. The molecule has 0 saturated heterocycles. The van der Waals surface area contributed by atoms with Gasteiger partial charge in [0.25, 0.3) is 5.91 Å². The van der Waals surface area contributed by atoms with E-state index in [1.807, 2.05) is 35.9 Å². The van der Waals surface area contributed by atoms with Gasteiger partial charge in [-0.1, -0.05) is 19.4 Å². The Morgan fingerprint density at radius 3 is 2.74 bits per heavy atom. The summed E-state index contributed by atoms with van der Waals surface area (Å²) < 4.78 is 26.3. The average molecular weight is 590 g/mol. The van der Waals surface area contributed by atoms with Crippen LogP contribution in [0.5, 0.6) is 0 Å². The molecule has 0 spiro atoms. The molecule has 4 unspecified atom stereocenters. The highest BCUT2D eigenvalue weighted by molar-refractivity contribution is 6.00. The largest absolute Gasteiger partial charge is 0.462 e. The number of allylic oxidation sites excluding steroid dienone is 7. The Balaban J connectivity index is 1.16. The number of carbonyl (C=O) groups excluding carboxylic acids is 2. The van der Waals surface area contributed by atoms with E-state index in [2.05, 4.69) is 18.4 Å². The van der Waals surface area contributed by atoms with E-state index in [1.54, 1.807) is 19.3 Å². The van der Waals surface area contributed by atoms with Crippen molar-refractivity contribution < 1.29 is 23.5 Å². The lowest BCUT2D eigenvalue weighted by molar-refractivity contribution is -0.121. The molecular formula is C35H44FN3O4. The third-order valence-electron chi connectivity index (χ3n) is 9.16. The number of nitrogens with zero attached hydrogens (tertiary/aromatic N) is 2. The molecule has 1 N–H and O–H groups in total. The quantitative estimate of drug-likeness (QED) is 0.304. The zero-order valence-corrected chi connectivity index (χ0v) is 25.6. The molecule has 1 heterocycles. The smallest absolute Gasteiger partial charge is 0.251 e. The first-order valence-electron chi connectivity index (χ1n) is 15.7. The number of alkyl halides is 1. The minimum atomic E-state index is -0.936. The number of hydrogen-bond donors (Lipinski definition) is 1. The number of methoxy groups -OCH3 is 1. The van der Waals surface area contributed by atoms with Crippen molar-refractivity contribution in [3.63, 3.8) is 0 Å². The van der Waals surface area contributed by atoms with Gasteiger partial charge < -0.3 is 14.8 Å². The van der Waals surface area contributed by atoms with Gasteiger partial charge in [0.1, 0.15) is 17.7 Å². The Morgan fingerprint density at radius 2 is 2.00 bits per heavy atom. The maximum absolute atomic E-state index is 13.6. The van der Waals surface area contributed by atoms with Gasteiger partial charge in [-0.3, -0.25) is 14.3 Å². The molecule has 1 fully saturated rings. The van der Waals surface area contributed by atoms with Gasteiger partial charge >= 0.3 is 0 Å². The van der Waals surface area contributed by atoms with Gasteiger partial charge in [0.05, 0.1) is 12.1 Å². The molecule has 3 aliphatic rings. The Bertz CT molecular complexity index is 1450. The van der Waals surface area contributed by atoms with Crippen LogP contribution in [0.3, 0.4) is 0 Å². The maximum atomic E-state index is 13.6. The topological polar surface area (TPSA) is 82.5 Å². The molecule has 0 aliphatic heterocycles. The van der Waals surface area contributed by atoms with Crippen LogP contribution in [0.4, 0.5) is 4.39 Å². The van der Waals surface area contributed by atoms with Crippen molar-refractivity contribution in [3.8, 4) is 0 Å². The van der Waals surface area contributed by atoms with Gasteiger partial charge in [0.15, 0.2) is 5.78 Å². The number of ketones is 1. The molecule has 1 saturated carbocycles. The van der Waals surface area contributed by atoms with E-state index < -0.39 is 6.17 Å².